The summed E-state index contributed by atoms with van der Waals surface area (Å²) in [5, 5.41) is 0. The third-order valence-electron chi connectivity index (χ3n) is 3.95. The third-order valence-corrected chi connectivity index (χ3v) is 3.95. The van der Waals surface area contributed by atoms with Gasteiger partial charge in [-0.2, -0.15) is 0 Å². The Morgan fingerprint density at radius 2 is 1.95 bits per heavy atom. The molecule has 1 fully saturated rings. The number of hydrogen-bond acceptors (Lipinski definition) is 3. The van der Waals surface area contributed by atoms with Gasteiger partial charge in [-0.25, -0.2) is 0 Å². The van der Waals surface area contributed by atoms with E-state index in [1.54, 1.807) is 0 Å². The zero-order valence-electron chi connectivity index (χ0n) is 12.1. The van der Waals surface area contributed by atoms with Gasteiger partial charge in [0.05, 0.1) is 6.61 Å². The first-order chi connectivity index (χ1) is 9.09. The van der Waals surface area contributed by atoms with Crippen molar-refractivity contribution in [2.24, 2.45) is 11.1 Å². The quantitative estimate of drug-likeness (QED) is 0.905. The lowest BCUT2D eigenvalue weighted by atomic mass is 9.80. The van der Waals surface area contributed by atoms with Gasteiger partial charge in [0.15, 0.2) is 0 Å². The van der Waals surface area contributed by atoms with E-state index in [0.29, 0.717) is 0 Å². The van der Waals surface area contributed by atoms with E-state index >= 15 is 0 Å². The van der Waals surface area contributed by atoms with Crippen LogP contribution in [0.4, 0.5) is 0 Å². The molecule has 0 amide bonds. The lowest BCUT2D eigenvalue weighted by Crippen LogP contribution is -2.41. The summed E-state index contributed by atoms with van der Waals surface area (Å²) >= 11 is 0. The standard InChI is InChI=1S/C16H26N2O/c1-16(2,13-18-9-6-11-19-12-10-18)15(17)14-7-4-3-5-8-14/h3-5,7-8,15H,6,9-13,17H2,1-2H3. The highest BCUT2D eigenvalue weighted by Gasteiger charge is 2.30. The van der Waals surface area contributed by atoms with Gasteiger partial charge in [0.1, 0.15) is 0 Å². The van der Waals surface area contributed by atoms with E-state index in [-0.39, 0.29) is 11.5 Å². The summed E-state index contributed by atoms with van der Waals surface area (Å²) in [6.45, 7) is 9.41. The van der Waals surface area contributed by atoms with E-state index in [2.05, 4.69) is 43.0 Å². The van der Waals surface area contributed by atoms with Gasteiger partial charge < -0.3 is 15.4 Å². The first-order valence-electron chi connectivity index (χ1n) is 7.20. The Labute approximate surface area is 116 Å². The van der Waals surface area contributed by atoms with Crippen LogP contribution in [0.5, 0.6) is 0 Å². The van der Waals surface area contributed by atoms with Crippen LogP contribution in [0.15, 0.2) is 30.3 Å². The average Bonchev–Trinajstić information content (AvgIpc) is 2.67. The van der Waals surface area contributed by atoms with E-state index < -0.39 is 0 Å². The van der Waals surface area contributed by atoms with Crippen molar-refractivity contribution in [3.8, 4) is 0 Å². The van der Waals surface area contributed by atoms with Gasteiger partial charge in [0.2, 0.25) is 0 Å². The Morgan fingerprint density at radius 1 is 1.21 bits per heavy atom. The highest BCUT2D eigenvalue weighted by atomic mass is 16.5. The van der Waals surface area contributed by atoms with E-state index in [1.807, 2.05) is 6.07 Å². The summed E-state index contributed by atoms with van der Waals surface area (Å²) in [7, 11) is 0. The molecule has 1 aliphatic heterocycles. The van der Waals surface area contributed by atoms with Crippen molar-refractivity contribution in [3.63, 3.8) is 0 Å². The van der Waals surface area contributed by atoms with Gasteiger partial charge in [0, 0.05) is 32.3 Å². The Kier molecular flexibility index (Phi) is 4.97. The van der Waals surface area contributed by atoms with Crippen molar-refractivity contribution in [2.75, 3.05) is 32.8 Å². The van der Waals surface area contributed by atoms with Crippen molar-refractivity contribution in [1.82, 2.24) is 4.90 Å². The molecule has 106 valence electrons. The molecule has 1 heterocycles. The van der Waals surface area contributed by atoms with Gasteiger partial charge in [0.25, 0.3) is 0 Å². The molecule has 1 unspecified atom stereocenters. The van der Waals surface area contributed by atoms with Crippen molar-refractivity contribution in [1.29, 1.82) is 0 Å². The van der Waals surface area contributed by atoms with Gasteiger partial charge in [-0.15, -0.1) is 0 Å². The van der Waals surface area contributed by atoms with Crippen molar-refractivity contribution in [3.05, 3.63) is 35.9 Å². The van der Waals surface area contributed by atoms with Gasteiger partial charge in [-0.1, -0.05) is 44.2 Å². The highest BCUT2D eigenvalue weighted by molar-refractivity contribution is 5.20. The van der Waals surface area contributed by atoms with Crippen molar-refractivity contribution < 1.29 is 4.74 Å². The van der Waals surface area contributed by atoms with Crippen molar-refractivity contribution >= 4 is 0 Å². The zero-order valence-corrected chi connectivity index (χ0v) is 12.1. The smallest absolute Gasteiger partial charge is 0.0593 e. The molecular formula is C16H26N2O. The van der Waals surface area contributed by atoms with Crippen LogP contribution < -0.4 is 5.73 Å². The zero-order chi connectivity index (χ0) is 13.7. The second kappa shape index (κ2) is 6.51. The van der Waals surface area contributed by atoms with E-state index in [9.17, 15) is 0 Å². The number of rotatable bonds is 4. The summed E-state index contributed by atoms with van der Waals surface area (Å²) in [4.78, 5) is 2.48. The minimum Gasteiger partial charge on any atom is -0.380 e. The minimum absolute atomic E-state index is 0.0612. The maximum Gasteiger partial charge on any atom is 0.0593 e. The SMILES string of the molecule is CC(C)(CN1CCCOCC1)C(N)c1ccccc1. The molecular weight excluding hydrogens is 236 g/mol. The molecule has 2 rings (SSSR count). The molecule has 1 aliphatic rings. The number of hydrogen-bond donors (Lipinski definition) is 1. The normalized spacial score (nSPS) is 19.9. The molecule has 0 aromatic heterocycles. The van der Waals surface area contributed by atoms with Crippen LogP contribution >= 0.6 is 0 Å². The lowest BCUT2D eigenvalue weighted by molar-refractivity contribution is 0.123. The molecule has 1 aromatic carbocycles. The Morgan fingerprint density at radius 3 is 2.68 bits per heavy atom. The topological polar surface area (TPSA) is 38.5 Å². The largest absolute Gasteiger partial charge is 0.380 e. The maximum atomic E-state index is 6.47. The predicted molar refractivity (Wildman–Crippen MR) is 79.0 cm³/mol. The van der Waals surface area contributed by atoms with Crippen LogP contribution in [0.1, 0.15) is 31.9 Å². The van der Waals surface area contributed by atoms with E-state index in [0.717, 1.165) is 39.3 Å². The van der Waals surface area contributed by atoms with Gasteiger partial charge >= 0.3 is 0 Å². The fourth-order valence-corrected chi connectivity index (χ4v) is 2.74. The third kappa shape index (κ3) is 4.03. The second-order valence-corrected chi connectivity index (χ2v) is 6.12. The number of ether oxygens (including phenoxy) is 1. The average molecular weight is 262 g/mol. The minimum atomic E-state index is 0.0612. The highest BCUT2D eigenvalue weighted by Crippen LogP contribution is 2.32. The lowest BCUT2D eigenvalue weighted by Gasteiger charge is -2.36. The van der Waals surface area contributed by atoms with Crippen LogP contribution in [-0.4, -0.2) is 37.7 Å². The molecule has 2 N–H and O–H groups in total. The molecule has 0 radical (unpaired) electrons. The molecule has 1 saturated heterocycles. The molecule has 0 bridgehead atoms. The molecule has 19 heavy (non-hydrogen) atoms. The Hall–Kier alpha value is -0.900. The number of nitrogens with two attached hydrogens (primary N) is 1. The van der Waals surface area contributed by atoms with Gasteiger partial charge in [-0.3, -0.25) is 0 Å². The second-order valence-electron chi connectivity index (χ2n) is 6.12. The molecule has 0 spiro atoms. The molecule has 0 aliphatic carbocycles. The van der Waals surface area contributed by atoms with E-state index in [4.69, 9.17) is 10.5 Å². The van der Waals surface area contributed by atoms with Gasteiger partial charge in [-0.05, 0) is 17.4 Å². The number of benzene rings is 1. The molecule has 3 heteroatoms. The summed E-state index contributed by atoms with van der Waals surface area (Å²) in [5.41, 5.74) is 7.75. The first-order valence-corrected chi connectivity index (χ1v) is 7.20. The van der Waals surface area contributed by atoms with Crippen LogP contribution in [0.3, 0.4) is 0 Å². The Balaban J connectivity index is 2.00. The monoisotopic (exact) mass is 262 g/mol. The summed E-state index contributed by atoms with van der Waals surface area (Å²) in [6.07, 6.45) is 1.12. The fraction of sp³-hybridized carbons (Fsp3) is 0.625. The molecule has 3 nitrogen and oxygen atoms in total. The predicted octanol–water partition coefficient (Wildman–Crippen LogP) is 2.43. The summed E-state index contributed by atoms with van der Waals surface area (Å²) in [5.74, 6) is 0. The number of nitrogens with zero attached hydrogens (tertiary/aromatic N) is 1. The van der Waals surface area contributed by atoms with Crippen LogP contribution in [-0.2, 0) is 4.74 Å². The molecule has 1 atom stereocenters. The fourth-order valence-electron chi connectivity index (χ4n) is 2.74. The van der Waals surface area contributed by atoms with Crippen LogP contribution in [0.2, 0.25) is 0 Å². The summed E-state index contributed by atoms with van der Waals surface area (Å²) < 4.78 is 5.51. The van der Waals surface area contributed by atoms with Crippen LogP contribution in [0.25, 0.3) is 0 Å². The van der Waals surface area contributed by atoms with E-state index in [1.165, 1.54) is 5.56 Å². The van der Waals surface area contributed by atoms with Crippen LogP contribution in [0, 0.1) is 5.41 Å². The Bertz CT molecular complexity index is 370. The molecule has 0 saturated carbocycles. The first kappa shape index (κ1) is 14.5. The maximum absolute atomic E-state index is 6.47. The van der Waals surface area contributed by atoms with Crippen molar-refractivity contribution in [2.45, 2.75) is 26.3 Å². The summed E-state index contributed by atoms with van der Waals surface area (Å²) in [6, 6.07) is 10.5. The molecule has 1 aromatic rings.